The van der Waals surface area contributed by atoms with Crippen molar-refractivity contribution in [3.8, 4) is 11.3 Å². The summed E-state index contributed by atoms with van der Waals surface area (Å²) in [5.41, 5.74) is 2.88. The van der Waals surface area contributed by atoms with Gasteiger partial charge in [-0.15, -0.1) is 21.5 Å². The van der Waals surface area contributed by atoms with Gasteiger partial charge in [0.05, 0.1) is 12.1 Å². The molecule has 0 saturated heterocycles. The zero-order chi connectivity index (χ0) is 18.1. The minimum absolute atomic E-state index is 0.105. The van der Waals surface area contributed by atoms with Crippen LogP contribution in [0.25, 0.3) is 16.2 Å². The van der Waals surface area contributed by atoms with E-state index in [2.05, 4.69) is 34.3 Å². The van der Waals surface area contributed by atoms with Gasteiger partial charge in [-0.2, -0.15) is 0 Å². The Labute approximate surface area is 158 Å². The number of imidazole rings is 1. The number of carbonyl (C=O) groups is 1. The van der Waals surface area contributed by atoms with Crippen LogP contribution in [0.1, 0.15) is 30.5 Å². The Bertz CT molecular complexity index is 1050. The first kappa shape index (κ1) is 16.9. The summed E-state index contributed by atoms with van der Waals surface area (Å²) in [6.07, 6.45) is 2.24. The lowest BCUT2D eigenvalue weighted by Gasteiger charge is -2.00. The lowest BCUT2D eigenvalue weighted by atomic mass is 10.2. The average molecular weight is 384 g/mol. The van der Waals surface area contributed by atoms with Crippen molar-refractivity contribution in [2.75, 3.05) is 5.32 Å². The molecule has 4 rings (SSSR count). The molecule has 6 nitrogen and oxygen atoms in total. The molecule has 0 radical (unpaired) electrons. The van der Waals surface area contributed by atoms with Crippen LogP contribution in [0.3, 0.4) is 0 Å². The summed E-state index contributed by atoms with van der Waals surface area (Å²) in [5.74, 6) is 0.197. The van der Waals surface area contributed by atoms with E-state index in [1.807, 2.05) is 46.3 Å². The summed E-state index contributed by atoms with van der Waals surface area (Å²) >= 11 is 2.95. The number of hydrogen-bond acceptors (Lipinski definition) is 6. The second-order valence-electron chi connectivity index (χ2n) is 6.20. The second kappa shape index (κ2) is 6.97. The molecule has 0 fully saturated rings. The molecule has 0 saturated carbocycles. The van der Waals surface area contributed by atoms with E-state index in [1.165, 1.54) is 22.7 Å². The fourth-order valence-electron chi connectivity index (χ4n) is 2.55. The molecule has 4 aromatic rings. The zero-order valence-corrected chi connectivity index (χ0v) is 16.0. The maximum absolute atomic E-state index is 12.4. The molecule has 0 bridgehead atoms. The van der Waals surface area contributed by atoms with Crippen LogP contribution < -0.4 is 5.32 Å². The molecule has 1 amide bonds. The first-order valence-corrected chi connectivity index (χ1v) is 9.94. The number of benzene rings is 1. The van der Waals surface area contributed by atoms with E-state index < -0.39 is 0 Å². The molecule has 0 atom stereocenters. The van der Waals surface area contributed by atoms with Crippen molar-refractivity contribution in [2.45, 2.75) is 26.2 Å². The summed E-state index contributed by atoms with van der Waals surface area (Å²) in [6, 6.07) is 10.0. The lowest BCUT2D eigenvalue weighted by molar-refractivity contribution is -0.115. The summed E-state index contributed by atoms with van der Waals surface area (Å²) < 4.78 is 1.98. The van der Waals surface area contributed by atoms with Crippen LogP contribution in [0.2, 0.25) is 0 Å². The Kier molecular flexibility index (Phi) is 4.52. The van der Waals surface area contributed by atoms with Crippen molar-refractivity contribution in [1.29, 1.82) is 0 Å². The van der Waals surface area contributed by atoms with Gasteiger partial charge in [0, 0.05) is 28.8 Å². The first-order valence-electron chi connectivity index (χ1n) is 8.24. The van der Waals surface area contributed by atoms with E-state index in [9.17, 15) is 4.79 Å². The third kappa shape index (κ3) is 3.38. The van der Waals surface area contributed by atoms with Crippen LogP contribution in [-0.2, 0) is 11.2 Å². The molecule has 3 heterocycles. The van der Waals surface area contributed by atoms with E-state index in [1.54, 1.807) is 0 Å². The number of nitrogens with zero attached hydrogens (tertiary/aromatic N) is 4. The van der Waals surface area contributed by atoms with Crippen molar-refractivity contribution in [1.82, 2.24) is 19.6 Å². The number of aromatic nitrogens is 4. The van der Waals surface area contributed by atoms with E-state index in [-0.39, 0.29) is 12.3 Å². The molecule has 8 heteroatoms. The quantitative estimate of drug-likeness (QED) is 0.560. The van der Waals surface area contributed by atoms with Gasteiger partial charge in [-0.3, -0.25) is 9.20 Å². The van der Waals surface area contributed by atoms with Crippen molar-refractivity contribution in [3.63, 3.8) is 0 Å². The van der Waals surface area contributed by atoms with Crippen LogP contribution in [0.15, 0.2) is 41.9 Å². The van der Waals surface area contributed by atoms with Gasteiger partial charge in [0.2, 0.25) is 11.0 Å². The highest BCUT2D eigenvalue weighted by atomic mass is 32.1. The smallest absolute Gasteiger partial charge is 0.232 e. The average Bonchev–Trinajstić information content (AvgIpc) is 3.33. The van der Waals surface area contributed by atoms with Crippen molar-refractivity contribution in [3.05, 3.63) is 52.6 Å². The van der Waals surface area contributed by atoms with Crippen molar-refractivity contribution < 1.29 is 4.79 Å². The van der Waals surface area contributed by atoms with Gasteiger partial charge in [-0.05, 0) is 0 Å². The number of carbonyl (C=O) groups excluding carboxylic acids is 1. The van der Waals surface area contributed by atoms with E-state index in [4.69, 9.17) is 0 Å². The topological polar surface area (TPSA) is 72.2 Å². The second-order valence-corrected chi connectivity index (χ2v) is 8.04. The summed E-state index contributed by atoms with van der Waals surface area (Å²) in [7, 11) is 0. The number of hydrogen-bond donors (Lipinski definition) is 1. The number of anilines is 1. The molecule has 3 aromatic heterocycles. The Morgan fingerprint density at radius 3 is 2.77 bits per heavy atom. The predicted octanol–water partition coefficient (Wildman–Crippen LogP) is 4.22. The summed E-state index contributed by atoms with van der Waals surface area (Å²) in [6.45, 7) is 4.11. The fraction of sp³-hybridized carbons (Fsp3) is 0.222. The normalized spacial score (nSPS) is 11.3. The molecule has 132 valence electrons. The highest BCUT2D eigenvalue weighted by molar-refractivity contribution is 7.15. The molecule has 0 unspecified atom stereocenters. The SMILES string of the molecule is CC(C)c1nnc(NC(=O)Cc2csc3nc(-c4ccccc4)cn23)s1. The van der Waals surface area contributed by atoms with Crippen LogP contribution in [0.5, 0.6) is 0 Å². The minimum Gasteiger partial charge on any atom is -0.300 e. The molecule has 1 aromatic carbocycles. The zero-order valence-electron chi connectivity index (χ0n) is 14.3. The molecule has 0 aliphatic rings. The molecule has 1 N–H and O–H groups in total. The van der Waals surface area contributed by atoms with Gasteiger partial charge in [0.15, 0.2) is 4.96 Å². The molecular weight excluding hydrogens is 366 g/mol. The Morgan fingerprint density at radius 2 is 2.04 bits per heavy atom. The summed E-state index contributed by atoms with van der Waals surface area (Å²) in [5, 5.41) is 14.4. The Morgan fingerprint density at radius 1 is 1.23 bits per heavy atom. The highest BCUT2D eigenvalue weighted by Crippen LogP contribution is 2.25. The van der Waals surface area contributed by atoms with Crippen LogP contribution in [0.4, 0.5) is 5.13 Å². The molecule has 0 aliphatic carbocycles. The molecular formula is C18H17N5OS2. The largest absolute Gasteiger partial charge is 0.300 e. The number of fused-ring (bicyclic) bond motifs is 1. The van der Waals surface area contributed by atoms with Crippen LogP contribution in [0, 0.1) is 0 Å². The van der Waals surface area contributed by atoms with Gasteiger partial charge < -0.3 is 5.32 Å². The number of thiazole rings is 1. The Balaban J connectivity index is 1.51. The number of rotatable bonds is 5. The van der Waals surface area contributed by atoms with Gasteiger partial charge in [0.1, 0.15) is 5.01 Å². The third-order valence-electron chi connectivity index (χ3n) is 3.88. The fourth-order valence-corrected chi connectivity index (χ4v) is 4.19. The van der Waals surface area contributed by atoms with Crippen molar-refractivity contribution >= 4 is 38.7 Å². The van der Waals surface area contributed by atoms with Gasteiger partial charge in [-0.1, -0.05) is 55.5 Å². The van der Waals surface area contributed by atoms with Crippen molar-refractivity contribution in [2.24, 2.45) is 0 Å². The highest BCUT2D eigenvalue weighted by Gasteiger charge is 2.14. The van der Waals surface area contributed by atoms with Gasteiger partial charge >= 0.3 is 0 Å². The Hall–Kier alpha value is -2.58. The van der Waals surface area contributed by atoms with E-state index in [0.717, 1.165) is 26.9 Å². The predicted molar refractivity (Wildman–Crippen MR) is 105 cm³/mol. The third-order valence-corrected chi connectivity index (χ3v) is 5.90. The summed E-state index contributed by atoms with van der Waals surface area (Å²) in [4.78, 5) is 17.9. The maximum atomic E-state index is 12.4. The standard InChI is InChI=1S/C18H17N5OS2/c1-11(2)16-21-22-17(26-16)20-15(24)8-13-10-25-18-19-14(9-23(13)18)12-6-4-3-5-7-12/h3-7,9-11H,8H2,1-2H3,(H,20,22,24). The monoisotopic (exact) mass is 383 g/mol. The minimum atomic E-state index is -0.105. The molecule has 0 spiro atoms. The first-order chi connectivity index (χ1) is 12.6. The van der Waals surface area contributed by atoms with Gasteiger partial charge in [0.25, 0.3) is 0 Å². The number of nitrogens with one attached hydrogen (secondary N) is 1. The maximum Gasteiger partial charge on any atom is 0.232 e. The lowest BCUT2D eigenvalue weighted by Crippen LogP contribution is -2.15. The number of amides is 1. The van der Waals surface area contributed by atoms with Crippen LogP contribution in [-0.4, -0.2) is 25.5 Å². The van der Waals surface area contributed by atoms with E-state index in [0.29, 0.717) is 11.0 Å². The molecule has 0 aliphatic heterocycles. The molecule has 26 heavy (non-hydrogen) atoms. The van der Waals surface area contributed by atoms with Crippen LogP contribution >= 0.6 is 22.7 Å². The van der Waals surface area contributed by atoms with Gasteiger partial charge in [-0.25, -0.2) is 4.98 Å². The van der Waals surface area contributed by atoms with E-state index >= 15 is 0 Å².